The molecule has 3 heteroatoms. The van der Waals surface area contributed by atoms with E-state index >= 15 is 0 Å². The van der Waals surface area contributed by atoms with Gasteiger partial charge in [0, 0.05) is 18.6 Å². The van der Waals surface area contributed by atoms with Gasteiger partial charge < -0.3 is 0 Å². The van der Waals surface area contributed by atoms with Gasteiger partial charge in [0.1, 0.15) is 0 Å². The fourth-order valence-corrected chi connectivity index (χ4v) is 1.53. The number of hydrogen-bond acceptors (Lipinski definition) is 3. The average Bonchev–Trinajstić information content (AvgIpc) is 3.05. The van der Waals surface area contributed by atoms with Gasteiger partial charge in [-0.2, -0.15) is 0 Å². The molecule has 19 heavy (non-hydrogen) atoms. The van der Waals surface area contributed by atoms with Gasteiger partial charge in [0.05, 0.1) is 5.69 Å². The van der Waals surface area contributed by atoms with E-state index in [1.165, 1.54) is 5.56 Å². The second-order valence-corrected chi connectivity index (χ2v) is 3.80. The molecule has 1 unspecified atom stereocenters. The van der Waals surface area contributed by atoms with Crippen LogP contribution < -0.4 is 0 Å². The summed E-state index contributed by atoms with van der Waals surface area (Å²) < 4.78 is 0. The van der Waals surface area contributed by atoms with Crippen molar-refractivity contribution in [2.75, 3.05) is 0 Å². The molecule has 1 aromatic rings. The molecule has 0 aromatic carbocycles. The van der Waals surface area contributed by atoms with Crippen LogP contribution in [0, 0.1) is 0 Å². The molecule has 1 aliphatic rings. The lowest BCUT2D eigenvalue weighted by atomic mass is 10.0. The lowest BCUT2D eigenvalue weighted by Crippen LogP contribution is -1.97. The van der Waals surface area contributed by atoms with Gasteiger partial charge in [-0.15, -0.1) is 0 Å². The van der Waals surface area contributed by atoms with Crippen molar-refractivity contribution in [3.05, 3.63) is 29.6 Å². The summed E-state index contributed by atoms with van der Waals surface area (Å²) in [6.45, 7) is 12.4. The molecule has 1 atom stereocenters. The minimum Gasteiger partial charge on any atom is -0.259 e. The van der Waals surface area contributed by atoms with Gasteiger partial charge in [-0.25, -0.2) is 0 Å². The SMILES string of the molecule is CC.CC.CCC(C)c1ccc(C2N=CC=N2)nc1. The molecule has 0 aliphatic carbocycles. The maximum atomic E-state index is 4.40. The second kappa shape index (κ2) is 10.4. The molecular weight excluding hydrogens is 234 g/mol. The molecular formula is C16H27N3. The zero-order valence-corrected chi connectivity index (χ0v) is 13.1. The van der Waals surface area contributed by atoms with Gasteiger partial charge in [-0.3, -0.25) is 15.0 Å². The molecule has 3 nitrogen and oxygen atoms in total. The van der Waals surface area contributed by atoms with E-state index in [0.717, 1.165) is 12.1 Å². The molecule has 0 amide bonds. The van der Waals surface area contributed by atoms with E-state index in [1.807, 2.05) is 40.0 Å². The molecule has 2 rings (SSSR count). The first-order valence-electron chi connectivity index (χ1n) is 7.32. The zero-order chi connectivity index (χ0) is 14.7. The van der Waals surface area contributed by atoms with Crippen molar-refractivity contribution in [1.82, 2.24) is 4.98 Å². The fraction of sp³-hybridized carbons (Fsp3) is 0.562. The molecule has 0 saturated heterocycles. The molecule has 0 radical (unpaired) electrons. The Morgan fingerprint density at radius 2 is 1.63 bits per heavy atom. The van der Waals surface area contributed by atoms with Gasteiger partial charge in [-0.1, -0.05) is 47.6 Å². The Bertz CT molecular complexity index is 367. The minimum atomic E-state index is -0.115. The number of aliphatic imine (C=N–C) groups is 2. The van der Waals surface area contributed by atoms with Gasteiger partial charge in [0.2, 0.25) is 0 Å². The summed E-state index contributed by atoms with van der Waals surface area (Å²) in [7, 11) is 0. The molecule has 1 aromatic heterocycles. The molecule has 0 fully saturated rings. The van der Waals surface area contributed by atoms with Crippen molar-refractivity contribution in [3.8, 4) is 0 Å². The van der Waals surface area contributed by atoms with Crippen LogP contribution in [0.5, 0.6) is 0 Å². The quantitative estimate of drug-likeness (QED) is 0.770. The molecule has 0 saturated carbocycles. The number of aromatic nitrogens is 1. The first-order valence-corrected chi connectivity index (χ1v) is 7.32. The third kappa shape index (κ3) is 5.33. The summed E-state index contributed by atoms with van der Waals surface area (Å²) in [5.74, 6) is 0.571. The maximum absolute atomic E-state index is 4.40. The predicted octanol–water partition coefficient (Wildman–Crippen LogP) is 4.80. The van der Waals surface area contributed by atoms with Gasteiger partial charge in [0.25, 0.3) is 0 Å². The Kier molecular flexibility index (Phi) is 9.59. The van der Waals surface area contributed by atoms with Crippen molar-refractivity contribution in [2.45, 2.75) is 60.0 Å². The molecule has 0 spiro atoms. The van der Waals surface area contributed by atoms with E-state index in [0.29, 0.717) is 5.92 Å². The van der Waals surface area contributed by atoms with Crippen molar-refractivity contribution < 1.29 is 0 Å². The summed E-state index contributed by atoms with van der Waals surface area (Å²) in [6, 6.07) is 4.14. The van der Waals surface area contributed by atoms with E-state index in [1.54, 1.807) is 12.4 Å². The van der Waals surface area contributed by atoms with Crippen LogP contribution in [0.3, 0.4) is 0 Å². The van der Waals surface area contributed by atoms with E-state index in [2.05, 4.69) is 34.9 Å². The van der Waals surface area contributed by atoms with Gasteiger partial charge in [-0.05, 0) is 24.0 Å². The highest BCUT2D eigenvalue weighted by Gasteiger charge is 2.11. The number of rotatable bonds is 3. The van der Waals surface area contributed by atoms with Crippen molar-refractivity contribution in [3.63, 3.8) is 0 Å². The van der Waals surface area contributed by atoms with Crippen LogP contribution in [0.15, 0.2) is 28.3 Å². The molecule has 2 heterocycles. The highest BCUT2D eigenvalue weighted by Crippen LogP contribution is 2.22. The smallest absolute Gasteiger partial charge is 0.181 e. The summed E-state index contributed by atoms with van der Waals surface area (Å²) in [4.78, 5) is 12.8. The summed E-state index contributed by atoms with van der Waals surface area (Å²) in [5, 5.41) is 0. The normalized spacial score (nSPS) is 14.2. The van der Waals surface area contributed by atoms with E-state index in [9.17, 15) is 0 Å². The Morgan fingerprint density at radius 3 is 2.05 bits per heavy atom. The number of nitrogens with zero attached hydrogens (tertiary/aromatic N) is 3. The highest BCUT2D eigenvalue weighted by atomic mass is 15.1. The lowest BCUT2D eigenvalue weighted by Gasteiger charge is -2.09. The van der Waals surface area contributed by atoms with Crippen LogP contribution in [-0.2, 0) is 0 Å². The van der Waals surface area contributed by atoms with Crippen molar-refractivity contribution in [1.29, 1.82) is 0 Å². The van der Waals surface area contributed by atoms with Crippen LogP contribution in [0.25, 0.3) is 0 Å². The molecule has 1 aliphatic heterocycles. The van der Waals surface area contributed by atoms with E-state index < -0.39 is 0 Å². The van der Waals surface area contributed by atoms with Crippen molar-refractivity contribution in [2.24, 2.45) is 9.98 Å². The first-order chi connectivity index (χ1) is 9.31. The third-order valence-electron chi connectivity index (χ3n) is 2.78. The lowest BCUT2D eigenvalue weighted by molar-refractivity contribution is 0.717. The maximum Gasteiger partial charge on any atom is 0.181 e. The fourth-order valence-electron chi connectivity index (χ4n) is 1.53. The summed E-state index contributed by atoms with van der Waals surface area (Å²) in [5.41, 5.74) is 2.21. The topological polar surface area (TPSA) is 37.6 Å². The number of pyridine rings is 1. The van der Waals surface area contributed by atoms with Crippen LogP contribution in [-0.4, -0.2) is 17.4 Å². The van der Waals surface area contributed by atoms with Crippen LogP contribution in [0.4, 0.5) is 0 Å². The predicted molar refractivity (Wildman–Crippen MR) is 85.4 cm³/mol. The Labute approximate surface area is 117 Å². The second-order valence-electron chi connectivity index (χ2n) is 3.80. The summed E-state index contributed by atoms with van der Waals surface area (Å²) in [6.07, 6.45) is 6.40. The Balaban J connectivity index is 0.000000741. The molecule has 0 N–H and O–H groups in total. The largest absolute Gasteiger partial charge is 0.259 e. The average molecular weight is 261 g/mol. The zero-order valence-electron chi connectivity index (χ0n) is 13.1. The Hall–Kier alpha value is -1.51. The van der Waals surface area contributed by atoms with E-state index in [4.69, 9.17) is 0 Å². The first kappa shape index (κ1) is 17.5. The monoisotopic (exact) mass is 261 g/mol. The van der Waals surface area contributed by atoms with E-state index in [-0.39, 0.29) is 6.17 Å². The summed E-state index contributed by atoms with van der Waals surface area (Å²) >= 11 is 0. The standard InChI is InChI=1S/C12H15N3.2C2H6/c1-3-9(2)10-4-5-11(15-8-10)12-13-6-7-14-12;2*1-2/h4-9,12H,3H2,1-2H3;2*1-2H3. The highest BCUT2D eigenvalue weighted by molar-refractivity contribution is 6.17. The van der Waals surface area contributed by atoms with Crippen LogP contribution in [0.2, 0.25) is 0 Å². The van der Waals surface area contributed by atoms with Crippen LogP contribution in [0.1, 0.15) is 71.3 Å². The Morgan fingerprint density at radius 1 is 1.05 bits per heavy atom. The number of hydrogen-bond donors (Lipinski definition) is 0. The molecule has 106 valence electrons. The van der Waals surface area contributed by atoms with Gasteiger partial charge in [0.15, 0.2) is 6.17 Å². The van der Waals surface area contributed by atoms with Gasteiger partial charge >= 0.3 is 0 Å². The van der Waals surface area contributed by atoms with Crippen LogP contribution >= 0.6 is 0 Å². The molecule has 0 bridgehead atoms. The third-order valence-corrected chi connectivity index (χ3v) is 2.78. The van der Waals surface area contributed by atoms with Crippen molar-refractivity contribution >= 4 is 12.4 Å². The minimum absolute atomic E-state index is 0.115.